The normalized spacial score (nSPS) is 10.6. The number of nitrogens with zero attached hydrogens (tertiary/aromatic N) is 1. The Labute approximate surface area is 78.7 Å². The zero-order valence-corrected chi connectivity index (χ0v) is 7.41. The number of carboxylic acids is 1. The maximum Gasteiger partial charge on any atom is 0.371 e. The molecule has 1 aromatic rings. The Morgan fingerprint density at radius 1 is 1.64 bits per heavy atom. The molecule has 0 aliphatic carbocycles. The summed E-state index contributed by atoms with van der Waals surface area (Å²) in [6.45, 7) is -0.493. The van der Waals surface area contributed by atoms with E-state index >= 15 is 0 Å². The predicted octanol–water partition coefficient (Wildman–Crippen LogP) is 1.68. The van der Waals surface area contributed by atoms with Gasteiger partial charge in [-0.25, -0.2) is 13.6 Å². The summed E-state index contributed by atoms with van der Waals surface area (Å²) in [6, 6.07) is 2.56. The van der Waals surface area contributed by atoms with Crippen molar-refractivity contribution in [3.8, 4) is 0 Å². The lowest BCUT2D eigenvalue weighted by atomic mass is 10.4. The van der Waals surface area contributed by atoms with Crippen molar-refractivity contribution in [1.82, 2.24) is 0 Å². The first-order chi connectivity index (χ1) is 6.50. The number of carbonyl (C=O) groups is 1. The van der Waals surface area contributed by atoms with Gasteiger partial charge < -0.3 is 14.4 Å². The number of rotatable bonds is 4. The third kappa shape index (κ3) is 2.45. The van der Waals surface area contributed by atoms with E-state index in [4.69, 9.17) is 9.52 Å². The highest BCUT2D eigenvalue weighted by Gasteiger charge is 2.14. The van der Waals surface area contributed by atoms with E-state index < -0.39 is 18.9 Å². The number of carboxylic acid groups (broad SMARTS) is 1. The third-order valence-corrected chi connectivity index (χ3v) is 1.59. The van der Waals surface area contributed by atoms with Crippen LogP contribution in [0.1, 0.15) is 10.6 Å². The number of anilines is 1. The van der Waals surface area contributed by atoms with Gasteiger partial charge in [0.15, 0.2) is 5.88 Å². The lowest BCUT2D eigenvalue weighted by Gasteiger charge is -2.14. The maximum atomic E-state index is 11.9. The largest absolute Gasteiger partial charge is 0.475 e. The Morgan fingerprint density at radius 2 is 2.29 bits per heavy atom. The SMILES string of the molecule is CN(CC(F)F)c1ccc(C(=O)O)o1. The molecule has 1 N–H and O–H groups in total. The fraction of sp³-hybridized carbons (Fsp3) is 0.375. The molecule has 1 aromatic heterocycles. The zero-order chi connectivity index (χ0) is 10.7. The van der Waals surface area contributed by atoms with Crippen molar-refractivity contribution in [2.24, 2.45) is 0 Å². The molecule has 0 saturated heterocycles. The average molecular weight is 205 g/mol. The van der Waals surface area contributed by atoms with Crippen LogP contribution in [0.4, 0.5) is 14.7 Å². The molecule has 0 aromatic carbocycles. The van der Waals surface area contributed by atoms with E-state index in [2.05, 4.69) is 0 Å². The van der Waals surface area contributed by atoms with E-state index in [1.165, 1.54) is 19.2 Å². The highest BCUT2D eigenvalue weighted by atomic mass is 19.3. The van der Waals surface area contributed by atoms with Gasteiger partial charge in [0.2, 0.25) is 5.76 Å². The molecule has 0 radical (unpaired) electrons. The first-order valence-electron chi connectivity index (χ1n) is 3.83. The predicted molar refractivity (Wildman–Crippen MR) is 44.9 cm³/mol. The highest BCUT2D eigenvalue weighted by Crippen LogP contribution is 2.17. The van der Waals surface area contributed by atoms with Gasteiger partial charge in [0.25, 0.3) is 6.43 Å². The van der Waals surface area contributed by atoms with Crippen molar-refractivity contribution in [1.29, 1.82) is 0 Å². The van der Waals surface area contributed by atoms with Crippen molar-refractivity contribution < 1.29 is 23.1 Å². The van der Waals surface area contributed by atoms with Crippen LogP contribution in [-0.2, 0) is 0 Å². The second-order valence-corrected chi connectivity index (χ2v) is 2.71. The molecule has 1 heterocycles. The van der Waals surface area contributed by atoms with Crippen molar-refractivity contribution in [3.63, 3.8) is 0 Å². The summed E-state index contributed by atoms with van der Waals surface area (Å²) in [5, 5.41) is 8.50. The Kier molecular flexibility index (Phi) is 3.06. The van der Waals surface area contributed by atoms with Crippen LogP contribution in [0.3, 0.4) is 0 Å². The zero-order valence-electron chi connectivity index (χ0n) is 7.41. The van der Waals surface area contributed by atoms with Gasteiger partial charge in [0.05, 0.1) is 6.54 Å². The van der Waals surface area contributed by atoms with Gasteiger partial charge in [-0.15, -0.1) is 0 Å². The standard InChI is InChI=1S/C8H9F2NO3/c1-11(4-6(9)10)7-3-2-5(14-7)8(12)13/h2-3,6H,4H2,1H3,(H,12,13). The van der Waals surface area contributed by atoms with Crippen LogP contribution < -0.4 is 4.90 Å². The lowest BCUT2D eigenvalue weighted by Crippen LogP contribution is -2.23. The van der Waals surface area contributed by atoms with Gasteiger partial charge in [0, 0.05) is 13.1 Å². The van der Waals surface area contributed by atoms with Gasteiger partial charge in [-0.1, -0.05) is 0 Å². The number of hydrogen-bond donors (Lipinski definition) is 1. The van der Waals surface area contributed by atoms with Crippen LogP contribution in [0, 0.1) is 0 Å². The van der Waals surface area contributed by atoms with Crippen molar-refractivity contribution in [2.45, 2.75) is 6.43 Å². The molecular formula is C8H9F2NO3. The second-order valence-electron chi connectivity index (χ2n) is 2.71. The molecule has 0 unspecified atom stereocenters. The first kappa shape index (κ1) is 10.5. The molecule has 6 heteroatoms. The molecule has 0 fully saturated rings. The molecule has 0 amide bonds. The van der Waals surface area contributed by atoms with E-state index in [1.807, 2.05) is 0 Å². The lowest BCUT2D eigenvalue weighted by molar-refractivity contribution is 0.0663. The van der Waals surface area contributed by atoms with Gasteiger partial charge in [-0.05, 0) is 6.07 Å². The number of hydrogen-bond acceptors (Lipinski definition) is 3. The Balaban J connectivity index is 2.71. The summed E-state index contributed by atoms with van der Waals surface area (Å²) >= 11 is 0. The second kappa shape index (κ2) is 4.08. The molecular weight excluding hydrogens is 196 g/mol. The quantitative estimate of drug-likeness (QED) is 0.812. The van der Waals surface area contributed by atoms with E-state index in [0.29, 0.717) is 0 Å². The van der Waals surface area contributed by atoms with Crippen LogP contribution in [0.5, 0.6) is 0 Å². The molecule has 0 bridgehead atoms. The fourth-order valence-corrected chi connectivity index (χ4v) is 0.945. The van der Waals surface area contributed by atoms with Crippen molar-refractivity contribution in [3.05, 3.63) is 17.9 Å². The minimum atomic E-state index is -2.49. The fourth-order valence-electron chi connectivity index (χ4n) is 0.945. The number of furan rings is 1. The monoisotopic (exact) mass is 205 g/mol. The molecule has 0 spiro atoms. The minimum Gasteiger partial charge on any atom is -0.475 e. The summed E-state index contributed by atoms with van der Waals surface area (Å²) in [6.07, 6.45) is -2.49. The minimum absolute atomic E-state index is 0.114. The van der Waals surface area contributed by atoms with Gasteiger partial charge in [0.1, 0.15) is 0 Å². The van der Waals surface area contributed by atoms with Crippen molar-refractivity contribution >= 4 is 11.9 Å². The molecule has 0 atom stereocenters. The molecule has 78 valence electrons. The van der Waals surface area contributed by atoms with E-state index in [-0.39, 0.29) is 11.6 Å². The molecule has 0 aliphatic heterocycles. The summed E-state index contributed by atoms with van der Waals surface area (Å²) in [7, 11) is 1.40. The summed E-state index contributed by atoms with van der Waals surface area (Å²) in [5.74, 6) is -1.37. The topological polar surface area (TPSA) is 53.7 Å². The van der Waals surface area contributed by atoms with Gasteiger partial charge in [-0.2, -0.15) is 0 Å². The van der Waals surface area contributed by atoms with Crippen molar-refractivity contribution in [2.75, 3.05) is 18.5 Å². The average Bonchev–Trinajstić information content (AvgIpc) is 2.50. The summed E-state index contributed by atoms with van der Waals surface area (Å²) < 4.78 is 28.7. The van der Waals surface area contributed by atoms with Crippen LogP contribution in [0.2, 0.25) is 0 Å². The van der Waals surface area contributed by atoms with Crippen LogP contribution in [-0.4, -0.2) is 31.1 Å². The first-order valence-corrected chi connectivity index (χ1v) is 3.83. The Morgan fingerprint density at radius 3 is 2.71 bits per heavy atom. The molecule has 1 rings (SSSR count). The van der Waals surface area contributed by atoms with Gasteiger partial charge >= 0.3 is 5.97 Å². The van der Waals surface area contributed by atoms with E-state index in [1.54, 1.807) is 0 Å². The Hall–Kier alpha value is -1.59. The van der Waals surface area contributed by atoms with Crippen LogP contribution in [0.15, 0.2) is 16.5 Å². The van der Waals surface area contributed by atoms with Gasteiger partial charge in [-0.3, -0.25) is 0 Å². The Bertz CT molecular complexity index is 324. The van der Waals surface area contributed by atoms with E-state index in [0.717, 1.165) is 4.90 Å². The summed E-state index contributed by atoms with van der Waals surface area (Å²) in [4.78, 5) is 11.5. The molecule has 0 saturated carbocycles. The maximum absolute atomic E-state index is 11.9. The number of alkyl halides is 2. The molecule has 14 heavy (non-hydrogen) atoms. The molecule has 0 aliphatic rings. The third-order valence-electron chi connectivity index (χ3n) is 1.59. The summed E-state index contributed by atoms with van der Waals surface area (Å²) in [5.41, 5.74) is 0. The highest BCUT2D eigenvalue weighted by molar-refractivity contribution is 5.84. The smallest absolute Gasteiger partial charge is 0.371 e. The molecule has 4 nitrogen and oxygen atoms in total. The number of halogens is 2. The number of aromatic carboxylic acids is 1. The van der Waals surface area contributed by atoms with Crippen LogP contribution in [0.25, 0.3) is 0 Å². The van der Waals surface area contributed by atoms with Crippen LogP contribution >= 0.6 is 0 Å². The van der Waals surface area contributed by atoms with E-state index in [9.17, 15) is 13.6 Å².